The molecule has 0 aliphatic heterocycles. The molecule has 2 aromatic heterocycles. The molecule has 0 aliphatic carbocycles. The van der Waals surface area contributed by atoms with Crippen molar-refractivity contribution in [3.8, 4) is 0 Å². The van der Waals surface area contributed by atoms with E-state index in [1.54, 1.807) is 6.20 Å². The van der Waals surface area contributed by atoms with Crippen LogP contribution in [0.2, 0.25) is 5.28 Å². The Kier molecular flexibility index (Phi) is 3.35. The lowest BCUT2D eigenvalue weighted by atomic mass is 10.2. The van der Waals surface area contributed by atoms with Gasteiger partial charge in [0.2, 0.25) is 5.28 Å². The maximum atomic E-state index is 5.87. The molecule has 0 spiro atoms. The SMILES string of the molecule is Clc1nc(NCc2ccc(Br)cc2)c2cn[nH]c2n1. The van der Waals surface area contributed by atoms with Crippen LogP contribution >= 0.6 is 27.5 Å². The fourth-order valence-electron chi connectivity index (χ4n) is 1.73. The molecule has 0 fully saturated rings. The third-order valence-electron chi connectivity index (χ3n) is 2.66. The van der Waals surface area contributed by atoms with E-state index in [-0.39, 0.29) is 5.28 Å². The molecule has 7 heteroatoms. The van der Waals surface area contributed by atoms with Crippen molar-refractivity contribution < 1.29 is 0 Å². The number of nitrogens with zero attached hydrogens (tertiary/aromatic N) is 3. The maximum Gasteiger partial charge on any atom is 0.226 e. The lowest BCUT2D eigenvalue weighted by Crippen LogP contribution is -2.02. The zero-order valence-corrected chi connectivity index (χ0v) is 12.0. The van der Waals surface area contributed by atoms with Gasteiger partial charge in [0.15, 0.2) is 5.65 Å². The summed E-state index contributed by atoms with van der Waals surface area (Å²) >= 11 is 9.27. The Morgan fingerprint density at radius 3 is 2.79 bits per heavy atom. The number of aromatic nitrogens is 4. The Labute approximate surface area is 122 Å². The van der Waals surface area contributed by atoms with Gasteiger partial charge in [-0.15, -0.1) is 0 Å². The molecule has 0 saturated carbocycles. The van der Waals surface area contributed by atoms with Gasteiger partial charge in [-0.25, -0.2) is 0 Å². The van der Waals surface area contributed by atoms with Crippen LogP contribution in [0.15, 0.2) is 34.9 Å². The van der Waals surface area contributed by atoms with Crippen LogP contribution < -0.4 is 5.32 Å². The van der Waals surface area contributed by atoms with Crippen LogP contribution in [0.25, 0.3) is 11.0 Å². The Hall–Kier alpha value is -1.66. The number of rotatable bonds is 3. The third kappa shape index (κ3) is 2.69. The summed E-state index contributed by atoms with van der Waals surface area (Å²) in [7, 11) is 0. The maximum absolute atomic E-state index is 5.87. The van der Waals surface area contributed by atoms with Gasteiger partial charge in [-0.1, -0.05) is 28.1 Å². The van der Waals surface area contributed by atoms with Gasteiger partial charge < -0.3 is 5.32 Å². The van der Waals surface area contributed by atoms with Crippen molar-refractivity contribution in [2.75, 3.05) is 5.32 Å². The molecule has 0 atom stereocenters. The summed E-state index contributed by atoms with van der Waals surface area (Å²) in [5.74, 6) is 0.673. The molecular weight excluding hydrogens is 330 g/mol. The third-order valence-corrected chi connectivity index (χ3v) is 3.35. The first kappa shape index (κ1) is 12.4. The second kappa shape index (κ2) is 5.14. The van der Waals surface area contributed by atoms with E-state index in [2.05, 4.69) is 41.4 Å². The highest BCUT2D eigenvalue weighted by atomic mass is 79.9. The van der Waals surface area contributed by atoms with Crippen molar-refractivity contribution in [2.24, 2.45) is 0 Å². The van der Waals surface area contributed by atoms with Crippen LogP contribution in [0.1, 0.15) is 5.56 Å². The summed E-state index contributed by atoms with van der Waals surface area (Å²) in [5.41, 5.74) is 1.77. The van der Waals surface area contributed by atoms with Gasteiger partial charge in [-0.2, -0.15) is 15.1 Å². The molecule has 0 bridgehead atoms. The van der Waals surface area contributed by atoms with Crippen LogP contribution in [-0.4, -0.2) is 20.2 Å². The summed E-state index contributed by atoms with van der Waals surface area (Å²) in [5, 5.41) is 11.0. The lowest BCUT2D eigenvalue weighted by Gasteiger charge is -2.07. The molecule has 96 valence electrons. The summed E-state index contributed by atoms with van der Waals surface area (Å²) in [6.07, 6.45) is 1.68. The number of nitrogens with one attached hydrogen (secondary N) is 2. The first-order valence-electron chi connectivity index (χ1n) is 5.57. The van der Waals surface area contributed by atoms with E-state index >= 15 is 0 Å². The van der Waals surface area contributed by atoms with E-state index in [0.29, 0.717) is 18.0 Å². The number of hydrogen-bond donors (Lipinski definition) is 2. The average Bonchev–Trinajstić information content (AvgIpc) is 2.85. The second-order valence-electron chi connectivity index (χ2n) is 3.95. The average molecular weight is 339 g/mol. The molecule has 0 saturated heterocycles. The van der Waals surface area contributed by atoms with Gasteiger partial charge in [0.05, 0.1) is 11.6 Å². The molecule has 0 amide bonds. The first-order valence-corrected chi connectivity index (χ1v) is 6.74. The van der Waals surface area contributed by atoms with Crippen LogP contribution in [0.5, 0.6) is 0 Å². The van der Waals surface area contributed by atoms with Crippen LogP contribution in [-0.2, 0) is 6.54 Å². The minimum Gasteiger partial charge on any atom is -0.365 e. The Morgan fingerprint density at radius 2 is 2.00 bits per heavy atom. The van der Waals surface area contributed by atoms with Gasteiger partial charge in [0.25, 0.3) is 0 Å². The standard InChI is InChI=1S/C12H9BrClN5/c13-8-3-1-7(2-4-8)5-15-10-9-6-16-19-11(9)18-12(14)17-10/h1-4,6H,5H2,(H2,15,16,17,18,19). The number of anilines is 1. The Morgan fingerprint density at radius 1 is 1.21 bits per heavy atom. The molecule has 0 radical (unpaired) electrons. The van der Waals surface area contributed by atoms with Crippen LogP contribution in [0.4, 0.5) is 5.82 Å². The minimum atomic E-state index is 0.190. The van der Waals surface area contributed by atoms with Gasteiger partial charge in [-0.3, -0.25) is 5.10 Å². The van der Waals surface area contributed by atoms with Gasteiger partial charge in [-0.05, 0) is 29.3 Å². The van der Waals surface area contributed by atoms with Gasteiger partial charge >= 0.3 is 0 Å². The van der Waals surface area contributed by atoms with Crippen molar-refractivity contribution in [3.63, 3.8) is 0 Å². The van der Waals surface area contributed by atoms with E-state index in [1.807, 2.05) is 24.3 Å². The van der Waals surface area contributed by atoms with E-state index < -0.39 is 0 Å². The zero-order chi connectivity index (χ0) is 13.2. The smallest absolute Gasteiger partial charge is 0.226 e. The summed E-state index contributed by atoms with van der Waals surface area (Å²) in [6, 6.07) is 8.06. The predicted octanol–water partition coefficient (Wildman–Crippen LogP) is 3.38. The monoisotopic (exact) mass is 337 g/mol. The van der Waals surface area contributed by atoms with E-state index in [1.165, 1.54) is 0 Å². The quantitative estimate of drug-likeness (QED) is 0.719. The summed E-state index contributed by atoms with van der Waals surface area (Å²) in [6.45, 7) is 0.654. The predicted molar refractivity (Wildman–Crippen MR) is 78.2 cm³/mol. The second-order valence-corrected chi connectivity index (χ2v) is 5.21. The topological polar surface area (TPSA) is 66.5 Å². The van der Waals surface area contributed by atoms with Crippen molar-refractivity contribution in [3.05, 3.63) is 45.8 Å². The van der Waals surface area contributed by atoms with E-state index in [4.69, 9.17) is 11.6 Å². The Bertz CT molecular complexity index is 710. The molecule has 0 unspecified atom stereocenters. The van der Waals surface area contributed by atoms with Gasteiger partial charge in [0, 0.05) is 11.0 Å². The number of halogens is 2. The number of H-pyrrole nitrogens is 1. The zero-order valence-electron chi connectivity index (χ0n) is 9.69. The number of hydrogen-bond acceptors (Lipinski definition) is 4. The molecule has 1 aromatic carbocycles. The lowest BCUT2D eigenvalue weighted by molar-refractivity contribution is 1.08. The van der Waals surface area contributed by atoms with Crippen LogP contribution in [0.3, 0.4) is 0 Å². The largest absolute Gasteiger partial charge is 0.365 e. The molecule has 2 heterocycles. The highest BCUT2D eigenvalue weighted by Gasteiger charge is 2.07. The highest BCUT2D eigenvalue weighted by Crippen LogP contribution is 2.20. The number of aromatic amines is 1. The van der Waals surface area contributed by atoms with Gasteiger partial charge in [0.1, 0.15) is 5.82 Å². The molecule has 2 N–H and O–H groups in total. The minimum absolute atomic E-state index is 0.190. The number of fused-ring (bicyclic) bond motifs is 1. The highest BCUT2D eigenvalue weighted by molar-refractivity contribution is 9.10. The molecule has 5 nitrogen and oxygen atoms in total. The fraction of sp³-hybridized carbons (Fsp3) is 0.0833. The Balaban J connectivity index is 1.85. The fourth-order valence-corrected chi connectivity index (χ4v) is 2.16. The van der Waals surface area contributed by atoms with E-state index in [0.717, 1.165) is 15.4 Å². The van der Waals surface area contributed by atoms with Crippen molar-refractivity contribution in [1.82, 2.24) is 20.2 Å². The first-order chi connectivity index (χ1) is 9.22. The van der Waals surface area contributed by atoms with Crippen molar-refractivity contribution >= 4 is 44.4 Å². The molecule has 3 aromatic rings. The molecule has 0 aliphatic rings. The van der Waals surface area contributed by atoms with E-state index in [9.17, 15) is 0 Å². The van der Waals surface area contributed by atoms with Crippen LogP contribution in [0, 0.1) is 0 Å². The molecular formula is C12H9BrClN5. The summed E-state index contributed by atoms with van der Waals surface area (Å²) in [4.78, 5) is 8.23. The molecule has 3 rings (SSSR count). The summed E-state index contributed by atoms with van der Waals surface area (Å²) < 4.78 is 1.05. The van der Waals surface area contributed by atoms with Crippen molar-refractivity contribution in [2.45, 2.75) is 6.54 Å². The number of benzene rings is 1. The molecule has 19 heavy (non-hydrogen) atoms. The normalized spacial score (nSPS) is 10.8. The van der Waals surface area contributed by atoms with Crippen molar-refractivity contribution in [1.29, 1.82) is 0 Å².